The first kappa shape index (κ1) is 15.3. The molecule has 0 aromatic carbocycles. The molecule has 1 heterocycles. The van der Waals surface area contributed by atoms with Gasteiger partial charge in [0.15, 0.2) is 0 Å². The van der Waals surface area contributed by atoms with Crippen LogP contribution >= 0.6 is 0 Å². The van der Waals surface area contributed by atoms with Crippen LogP contribution in [0, 0.1) is 0 Å². The fourth-order valence-corrected chi connectivity index (χ4v) is 3.44. The van der Waals surface area contributed by atoms with Crippen LogP contribution in [0.2, 0.25) is 0 Å². The van der Waals surface area contributed by atoms with Gasteiger partial charge < -0.3 is 15.0 Å². The maximum Gasteiger partial charge on any atom is 0.249 e. The average Bonchev–Trinajstić information content (AvgIpc) is 2.89. The highest BCUT2D eigenvalue weighted by atomic mass is 16.5. The number of ether oxygens (including phenoxy) is 1. The van der Waals surface area contributed by atoms with Gasteiger partial charge >= 0.3 is 0 Å². The number of carbonyl (C=O) groups excluding carboxylic acids is 2. The third-order valence-corrected chi connectivity index (χ3v) is 4.48. The number of hydrogen-bond acceptors (Lipinski definition) is 3. The molecule has 114 valence electrons. The smallest absolute Gasteiger partial charge is 0.249 e. The number of nitrogens with one attached hydrogen (secondary N) is 1. The van der Waals surface area contributed by atoms with Gasteiger partial charge in [0.05, 0.1) is 0 Å². The molecule has 1 saturated heterocycles. The second kappa shape index (κ2) is 6.57. The molecular formula is C15H26N2O3. The van der Waals surface area contributed by atoms with Crippen molar-refractivity contribution in [3.63, 3.8) is 0 Å². The van der Waals surface area contributed by atoms with Gasteiger partial charge in [0.1, 0.15) is 11.6 Å². The molecule has 1 N–H and O–H groups in total. The minimum Gasteiger partial charge on any atom is -0.385 e. The number of nitrogens with zero attached hydrogens (tertiary/aromatic N) is 1. The van der Waals surface area contributed by atoms with E-state index < -0.39 is 5.54 Å². The molecular weight excluding hydrogens is 256 g/mol. The quantitative estimate of drug-likeness (QED) is 0.750. The summed E-state index contributed by atoms with van der Waals surface area (Å²) < 4.78 is 5.07. The first-order valence-electron chi connectivity index (χ1n) is 7.76. The largest absolute Gasteiger partial charge is 0.385 e. The maximum absolute atomic E-state index is 12.8. The van der Waals surface area contributed by atoms with Crippen molar-refractivity contribution in [1.82, 2.24) is 10.2 Å². The molecule has 2 aliphatic rings. The van der Waals surface area contributed by atoms with Gasteiger partial charge in [-0.15, -0.1) is 0 Å². The molecule has 2 amide bonds. The fourth-order valence-electron chi connectivity index (χ4n) is 3.44. The van der Waals surface area contributed by atoms with E-state index in [1.165, 1.54) is 0 Å². The van der Waals surface area contributed by atoms with Gasteiger partial charge in [-0.1, -0.05) is 26.2 Å². The number of amides is 2. The molecule has 1 atom stereocenters. The first-order chi connectivity index (χ1) is 9.64. The number of carbonyl (C=O) groups is 2. The molecule has 2 fully saturated rings. The van der Waals surface area contributed by atoms with E-state index in [1.54, 1.807) is 7.11 Å². The highest BCUT2D eigenvalue weighted by molar-refractivity contribution is 6.00. The Balaban J connectivity index is 2.14. The van der Waals surface area contributed by atoms with Crippen molar-refractivity contribution >= 4 is 11.8 Å². The van der Waals surface area contributed by atoms with Crippen LogP contribution in [0.25, 0.3) is 0 Å². The zero-order chi connectivity index (χ0) is 14.6. The number of hydrogen-bond donors (Lipinski definition) is 1. The molecule has 1 aliphatic carbocycles. The van der Waals surface area contributed by atoms with Gasteiger partial charge in [0.2, 0.25) is 11.8 Å². The normalized spacial score (nSPS) is 25.3. The van der Waals surface area contributed by atoms with E-state index in [0.717, 1.165) is 44.9 Å². The van der Waals surface area contributed by atoms with Crippen molar-refractivity contribution in [3.05, 3.63) is 0 Å². The summed E-state index contributed by atoms with van der Waals surface area (Å²) in [5.74, 6) is 0.162. The van der Waals surface area contributed by atoms with Crippen molar-refractivity contribution in [2.24, 2.45) is 0 Å². The van der Waals surface area contributed by atoms with Crippen LogP contribution in [0.3, 0.4) is 0 Å². The van der Waals surface area contributed by atoms with Gasteiger partial charge in [0.25, 0.3) is 0 Å². The standard InChI is InChI=1S/C15H26N2O3/c1-3-7-12-13(18)16-15(8-4-5-9-15)14(19)17(12)10-6-11-20-2/h12H,3-11H2,1-2H3,(H,16,18). The van der Waals surface area contributed by atoms with Crippen LogP contribution in [-0.2, 0) is 14.3 Å². The van der Waals surface area contributed by atoms with Crippen molar-refractivity contribution in [2.45, 2.75) is 63.5 Å². The lowest BCUT2D eigenvalue weighted by Gasteiger charge is -2.44. The highest BCUT2D eigenvalue weighted by Gasteiger charge is 2.51. The topological polar surface area (TPSA) is 58.6 Å². The summed E-state index contributed by atoms with van der Waals surface area (Å²) in [6.45, 7) is 3.29. The second-order valence-corrected chi connectivity index (χ2v) is 5.93. The maximum atomic E-state index is 12.8. The Morgan fingerprint density at radius 3 is 2.65 bits per heavy atom. The average molecular weight is 282 g/mol. The molecule has 1 aliphatic heterocycles. The van der Waals surface area contributed by atoms with Crippen LogP contribution < -0.4 is 5.32 Å². The molecule has 2 rings (SSSR count). The summed E-state index contributed by atoms with van der Waals surface area (Å²) in [7, 11) is 1.66. The third kappa shape index (κ3) is 2.82. The van der Waals surface area contributed by atoms with E-state index >= 15 is 0 Å². The highest BCUT2D eigenvalue weighted by Crippen LogP contribution is 2.35. The molecule has 1 saturated carbocycles. The summed E-state index contributed by atoms with van der Waals surface area (Å²) >= 11 is 0. The Hall–Kier alpha value is -1.10. The molecule has 20 heavy (non-hydrogen) atoms. The van der Waals surface area contributed by atoms with Crippen LogP contribution in [0.5, 0.6) is 0 Å². The monoisotopic (exact) mass is 282 g/mol. The Morgan fingerprint density at radius 1 is 1.35 bits per heavy atom. The van der Waals surface area contributed by atoms with Crippen LogP contribution in [0.15, 0.2) is 0 Å². The van der Waals surface area contributed by atoms with Gasteiger partial charge in [-0.05, 0) is 25.7 Å². The van der Waals surface area contributed by atoms with Gasteiger partial charge in [-0.2, -0.15) is 0 Å². The molecule has 1 unspecified atom stereocenters. The van der Waals surface area contributed by atoms with E-state index in [2.05, 4.69) is 5.32 Å². The molecule has 0 aromatic heterocycles. The van der Waals surface area contributed by atoms with E-state index in [9.17, 15) is 9.59 Å². The third-order valence-electron chi connectivity index (χ3n) is 4.48. The molecule has 1 spiro atoms. The van der Waals surface area contributed by atoms with Crippen molar-refractivity contribution in [2.75, 3.05) is 20.3 Å². The SMILES string of the molecule is CCCC1C(=O)NC2(CCCC2)C(=O)N1CCCOC. The van der Waals surface area contributed by atoms with Crippen LogP contribution in [0.1, 0.15) is 51.9 Å². The first-order valence-corrected chi connectivity index (χ1v) is 7.76. The summed E-state index contributed by atoms with van der Waals surface area (Å²) in [5, 5.41) is 3.04. The summed E-state index contributed by atoms with van der Waals surface area (Å²) in [5.41, 5.74) is -0.603. The number of methoxy groups -OCH3 is 1. The second-order valence-electron chi connectivity index (χ2n) is 5.93. The summed E-state index contributed by atoms with van der Waals surface area (Å²) in [4.78, 5) is 27.1. The van der Waals surface area contributed by atoms with Crippen LogP contribution in [-0.4, -0.2) is 48.6 Å². The summed E-state index contributed by atoms with van der Waals surface area (Å²) in [6.07, 6.45) is 6.05. The van der Waals surface area contributed by atoms with Crippen molar-refractivity contribution in [3.8, 4) is 0 Å². The van der Waals surface area contributed by atoms with Gasteiger partial charge in [-0.25, -0.2) is 0 Å². The van der Waals surface area contributed by atoms with Gasteiger partial charge in [-0.3, -0.25) is 9.59 Å². The minimum absolute atomic E-state index is 0.0331. The lowest BCUT2D eigenvalue weighted by molar-refractivity contribution is -0.155. The lowest BCUT2D eigenvalue weighted by atomic mass is 9.89. The number of rotatable bonds is 6. The Morgan fingerprint density at radius 2 is 2.05 bits per heavy atom. The lowest BCUT2D eigenvalue weighted by Crippen LogP contribution is -2.69. The predicted molar refractivity (Wildman–Crippen MR) is 76.2 cm³/mol. The Kier molecular flexibility index (Phi) is 5.02. The van der Waals surface area contributed by atoms with Crippen LogP contribution in [0.4, 0.5) is 0 Å². The van der Waals surface area contributed by atoms with Gasteiger partial charge in [0, 0.05) is 20.3 Å². The predicted octanol–water partition coefficient (Wildman–Crippen LogP) is 1.46. The van der Waals surface area contributed by atoms with Crippen molar-refractivity contribution in [1.29, 1.82) is 0 Å². The van der Waals surface area contributed by atoms with E-state index in [0.29, 0.717) is 13.2 Å². The van der Waals surface area contributed by atoms with E-state index in [4.69, 9.17) is 4.74 Å². The summed E-state index contributed by atoms with van der Waals surface area (Å²) in [6, 6.07) is -0.296. The zero-order valence-electron chi connectivity index (χ0n) is 12.6. The number of piperazine rings is 1. The van der Waals surface area contributed by atoms with E-state index in [-0.39, 0.29) is 17.9 Å². The Labute approximate surface area is 121 Å². The fraction of sp³-hybridized carbons (Fsp3) is 0.867. The minimum atomic E-state index is -0.603. The zero-order valence-corrected chi connectivity index (χ0v) is 12.6. The van der Waals surface area contributed by atoms with Crippen molar-refractivity contribution < 1.29 is 14.3 Å². The molecule has 0 radical (unpaired) electrons. The molecule has 0 bridgehead atoms. The molecule has 0 aromatic rings. The Bertz CT molecular complexity index is 364. The van der Waals surface area contributed by atoms with E-state index in [1.807, 2.05) is 11.8 Å². The molecule has 5 heteroatoms. The molecule has 5 nitrogen and oxygen atoms in total.